The van der Waals surface area contributed by atoms with Gasteiger partial charge < -0.3 is 20.3 Å². The monoisotopic (exact) mass is 968 g/mol. The molecule has 0 aromatic carbocycles. The Hall–Kier alpha value is -2.18. The maximum absolute atomic E-state index is 12.5. The summed E-state index contributed by atoms with van der Waals surface area (Å²) in [6.45, 7) is 4.84. The van der Waals surface area contributed by atoms with Crippen molar-refractivity contribution in [2.24, 2.45) is 0 Å². The third kappa shape index (κ3) is 55.0. The highest BCUT2D eigenvalue weighted by Gasteiger charge is 2.18. The van der Waals surface area contributed by atoms with Crippen LogP contribution in [0.3, 0.4) is 0 Å². The topological polar surface area (TPSA) is 95.9 Å². The fraction of sp³-hybridized carbons (Fsp3) is 0.841. The minimum absolute atomic E-state index is 0.0186. The van der Waals surface area contributed by atoms with Gasteiger partial charge in [-0.05, 0) is 83.5 Å². The molecule has 0 aromatic heterocycles. The summed E-state index contributed by atoms with van der Waals surface area (Å²) >= 11 is 0. The van der Waals surface area contributed by atoms with Gasteiger partial charge in [0.2, 0.25) is 5.91 Å². The first-order valence-corrected chi connectivity index (χ1v) is 30.4. The lowest BCUT2D eigenvalue weighted by Gasteiger charge is -2.20. The molecular weight excluding hydrogens is 851 g/mol. The maximum Gasteiger partial charge on any atom is 0.305 e. The molecule has 2 unspecified atom stereocenters. The zero-order valence-electron chi connectivity index (χ0n) is 46.0. The summed E-state index contributed by atoms with van der Waals surface area (Å²) in [5.41, 5.74) is 0. The molecule has 404 valence electrons. The molecule has 0 saturated heterocycles. The number of amides is 1. The molecule has 0 bridgehead atoms. The van der Waals surface area contributed by atoms with Gasteiger partial charge in [-0.25, -0.2) is 0 Å². The number of aliphatic hydroxyl groups excluding tert-OH is 2. The number of ether oxygens (including phenoxy) is 1. The minimum atomic E-state index is -0.857. The van der Waals surface area contributed by atoms with Crippen molar-refractivity contribution in [3.05, 3.63) is 48.6 Å². The van der Waals surface area contributed by atoms with Crippen LogP contribution in [-0.4, -0.2) is 47.4 Å². The second-order valence-electron chi connectivity index (χ2n) is 20.7. The molecule has 0 aromatic rings. The molecule has 2 atom stereocenters. The molecule has 0 aliphatic heterocycles. The largest absolute Gasteiger partial charge is 0.466 e. The summed E-state index contributed by atoms with van der Waals surface area (Å²) in [6.07, 6.45) is 74.2. The number of hydrogen-bond donors (Lipinski definition) is 3. The van der Waals surface area contributed by atoms with Crippen LogP contribution in [0.5, 0.6) is 0 Å². The Bertz CT molecular complexity index is 1160. The van der Waals surface area contributed by atoms with Gasteiger partial charge in [-0.1, -0.05) is 268 Å². The van der Waals surface area contributed by atoms with Crippen LogP contribution >= 0.6 is 0 Å². The fourth-order valence-corrected chi connectivity index (χ4v) is 9.12. The van der Waals surface area contributed by atoms with E-state index in [9.17, 15) is 19.8 Å². The number of esters is 1. The van der Waals surface area contributed by atoms with Crippen molar-refractivity contribution in [3.63, 3.8) is 0 Å². The molecule has 0 fully saturated rings. The lowest BCUT2D eigenvalue weighted by Crippen LogP contribution is -2.45. The van der Waals surface area contributed by atoms with Crippen molar-refractivity contribution >= 4 is 11.9 Å². The molecule has 6 nitrogen and oxygen atoms in total. The first-order chi connectivity index (χ1) is 34.0. The number of hydrogen-bond acceptors (Lipinski definition) is 5. The number of carbonyl (C=O) groups excluding carboxylic acids is 2. The summed E-state index contributed by atoms with van der Waals surface area (Å²) in [7, 11) is 0. The van der Waals surface area contributed by atoms with Crippen LogP contribution in [0.25, 0.3) is 0 Å². The van der Waals surface area contributed by atoms with Crippen molar-refractivity contribution in [2.75, 3.05) is 13.2 Å². The predicted molar refractivity (Wildman–Crippen MR) is 301 cm³/mol. The fourth-order valence-electron chi connectivity index (χ4n) is 9.12. The number of carbonyl (C=O) groups is 2. The van der Waals surface area contributed by atoms with E-state index in [4.69, 9.17) is 4.74 Å². The molecule has 1 amide bonds. The lowest BCUT2D eigenvalue weighted by molar-refractivity contribution is -0.143. The average Bonchev–Trinajstić information content (AvgIpc) is 3.35. The summed E-state index contributed by atoms with van der Waals surface area (Å²) in [5, 5.41) is 23.2. The third-order valence-corrected chi connectivity index (χ3v) is 13.8. The van der Waals surface area contributed by atoms with Gasteiger partial charge in [0, 0.05) is 12.8 Å². The van der Waals surface area contributed by atoms with Crippen LogP contribution in [0.15, 0.2) is 48.6 Å². The smallest absolute Gasteiger partial charge is 0.305 e. The zero-order chi connectivity index (χ0) is 50.0. The van der Waals surface area contributed by atoms with Crippen LogP contribution in [0.4, 0.5) is 0 Å². The third-order valence-electron chi connectivity index (χ3n) is 13.8. The Balaban J connectivity index is 3.51. The Morgan fingerprint density at radius 3 is 1.16 bits per heavy atom. The van der Waals surface area contributed by atoms with E-state index >= 15 is 0 Å². The number of allylic oxidation sites excluding steroid dienone is 7. The van der Waals surface area contributed by atoms with Gasteiger partial charge in [0.15, 0.2) is 0 Å². The standard InChI is InChI=1S/C63H117NO5/c1-3-5-7-9-11-13-15-17-19-20-21-22-23-24-25-28-31-35-39-43-47-51-55-61(66)60(59-65)64-62(67)56-52-48-44-40-36-32-29-26-27-30-34-38-42-46-50-54-58-69-63(68)57-53-49-45-41-37-33-18-16-14-12-10-8-6-4-2/h10,12,16,18,26,29,51,55,60-61,65-66H,3-9,11,13-15,17,19-25,27-28,30-50,52-54,56-59H2,1-2H3,(H,64,67)/b12-10-,18-16-,29-26-,55-51+. The van der Waals surface area contributed by atoms with Crippen LogP contribution in [-0.2, 0) is 14.3 Å². The second kappa shape index (κ2) is 58.4. The number of aliphatic hydroxyl groups is 2. The molecule has 0 saturated carbocycles. The van der Waals surface area contributed by atoms with Crippen molar-refractivity contribution in [2.45, 2.75) is 328 Å². The molecule has 69 heavy (non-hydrogen) atoms. The highest BCUT2D eigenvalue weighted by Crippen LogP contribution is 2.17. The van der Waals surface area contributed by atoms with Gasteiger partial charge in [0.1, 0.15) is 0 Å². The molecule has 3 N–H and O–H groups in total. The summed E-state index contributed by atoms with van der Waals surface area (Å²) in [5.74, 6) is -0.102. The van der Waals surface area contributed by atoms with Crippen LogP contribution in [0, 0.1) is 0 Å². The van der Waals surface area contributed by atoms with Crippen molar-refractivity contribution in [1.29, 1.82) is 0 Å². The first kappa shape index (κ1) is 66.8. The summed E-state index contributed by atoms with van der Waals surface area (Å²) in [6, 6.07) is -0.642. The minimum Gasteiger partial charge on any atom is -0.466 e. The molecule has 0 radical (unpaired) electrons. The van der Waals surface area contributed by atoms with E-state index in [1.807, 2.05) is 6.08 Å². The van der Waals surface area contributed by atoms with E-state index in [1.165, 1.54) is 218 Å². The number of rotatable bonds is 56. The van der Waals surface area contributed by atoms with Gasteiger partial charge in [-0.2, -0.15) is 0 Å². The van der Waals surface area contributed by atoms with Crippen molar-refractivity contribution in [3.8, 4) is 0 Å². The van der Waals surface area contributed by atoms with E-state index in [0.29, 0.717) is 19.4 Å². The van der Waals surface area contributed by atoms with Gasteiger partial charge >= 0.3 is 5.97 Å². The Morgan fingerprint density at radius 1 is 0.406 bits per heavy atom. The quantitative estimate of drug-likeness (QED) is 0.0321. The van der Waals surface area contributed by atoms with Gasteiger partial charge in [0.25, 0.3) is 0 Å². The Morgan fingerprint density at radius 2 is 0.739 bits per heavy atom. The normalized spacial score (nSPS) is 12.9. The molecule has 6 heteroatoms. The predicted octanol–water partition coefficient (Wildman–Crippen LogP) is 19.0. The number of nitrogens with one attached hydrogen (secondary N) is 1. The lowest BCUT2D eigenvalue weighted by atomic mass is 10.0. The van der Waals surface area contributed by atoms with Crippen molar-refractivity contribution in [1.82, 2.24) is 5.32 Å². The van der Waals surface area contributed by atoms with E-state index in [0.717, 1.165) is 70.6 Å². The highest BCUT2D eigenvalue weighted by molar-refractivity contribution is 5.76. The Labute approximate surface area is 429 Å². The molecule has 0 aliphatic carbocycles. The first-order valence-electron chi connectivity index (χ1n) is 30.4. The van der Waals surface area contributed by atoms with E-state index in [1.54, 1.807) is 6.08 Å². The molecule has 0 heterocycles. The second-order valence-corrected chi connectivity index (χ2v) is 20.7. The van der Waals surface area contributed by atoms with E-state index in [-0.39, 0.29) is 18.5 Å². The van der Waals surface area contributed by atoms with Crippen molar-refractivity contribution < 1.29 is 24.5 Å². The van der Waals surface area contributed by atoms with E-state index < -0.39 is 12.1 Å². The molecule has 0 rings (SSSR count). The molecule has 0 aliphatic rings. The summed E-state index contributed by atoms with van der Waals surface area (Å²) < 4.78 is 5.46. The zero-order valence-corrected chi connectivity index (χ0v) is 46.0. The molecular formula is C63H117NO5. The van der Waals surface area contributed by atoms with Crippen LogP contribution in [0.1, 0.15) is 316 Å². The van der Waals surface area contributed by atoms with Crippen LogP contribution < -0.4 is 5.32 Å². The SMILES string of the molecule is CCCC/C=C\C/C=C\CCCCCCCC(=O)OCCCCCCCCC/C=C\CCCCCCCC(=O)NC(CO)C(O)/C=C/CCCCCCCCCCCCCCCCCCCCCC. The van der Waals surface area contributed by atoms with Gasteiger partial charge in [-0.15, -0.1) is 0 Å². The summed E-state index contributed by atoms with van der Waals surface area (Å²) in [4.78, 5) is 24.5. The van der Waals surface area contributed by atoms with Crippen LogP contribution in [0.2, 0.25) is 0 Å². The average molecular weight is 969 g/mol. The Kier molecular flexibility index (Phi) is 56.5. The van der Waals surface area contributed by atoms with Gasteiger partial charge in [0.05, 0.1) is 25.4 Å². The van der Waals surface area contributed by atoms with E-state index in [2.05, 4.69) is 55.6 Å². The highest BCUT2D eigenvalue weighted by atomic mass is 16.5. The van der Waals surface area contributed by atoms with Gasteiger partial charge in [-0.3, -0.25) is 9.59 Å². The maximum atomic E-state index is 12.5. The number of unbranched alkanes of at least 4 members (excludes halogenated alkanes) is 39. The molecule has 0 spiro atoms.